The molecule has 0 aliphatic carbocycles. The standard InChI is InChI=1S/C11H25BNO5PS/c1-3-19(14,20)18-9-8(7-15-2)17-11(12)10(9)16-6-4-5-13/h8-11H,3-7,12-13H2,1-2H3,(H,14,20)/t8-,9?,10+,11-,19?/m1/s1. The van der Waals surface area contributed by atoms with Crippen molar-refractivity contribution in [2.75, 3.05) is 33.0 Å². The highest BCUT2D eigenvalue weighted by atomic mass is 32.7. The van der Waals surface area contributed by atoms with E-state index in [9.17, 15) is 4.57 Å². The van der Waals surface area contributed by atoms with Gasteiger partial charge >= 0.3 is 0 Å². The molecule has 0 spiro atoms. The van der Waals surface area contributed by atoms with Gasteiger partial charge in [-0.25, -0.2) is 0 Å². The summed E-state index contributed by atoms with van der Waals surface area (Å²) in [6, 6.07) is -0.150. The molecule has 2 unspecified atom stereocenters. The zero-order valence-corrected chi connectivity index (χ0v) is 14.1. The van der Waals surface area contributed by atoms with Crippen LogP contribution in [0, 0.1) is 0 Å². The van der Waals surface area contributed by atoms with Crippen LogP contribution in [-0.2, 0) is 23.3 Å². The Bertz CT molecular complexity index is 338. The summed E-state index contributed by atoms with van der Waals surface area (Å²) in [6.45, 7) is 0.302. The molecule has 0 bridgehead atoms. The highest BCUT2D eigenvalue weighted by Crippen LogP contribution is 2.54. The summed E-state index contributed by atoms with van der Waals surface area (Å²) in [6.07, 6.45) is 0.0950. The summed E-state index contributed by atoms with van der Waals surface area (Å²) in [5, 5.41) is 0. The average Bonchev–Trinajstić information content (AvgIpc) is 2.67. The summed E-state index contributed by atoms with van der Waals surface area (Å²) < 4.78 is 34.5. The molecule has 118 valence electrons. The van der Waals surface area contributed by atoms with E-state index in [4.69, 9.17) is 24.5 Å². The van der Waals surface area contributed by atoms with Gasteiger partial charge in [0, 0.05) is 19.9 Å². The van der Waals surface area contributed by atoms with Crippen LogP contribution in [0.4, 0.5) is 0 Å². The molecule has 0 aromatic heterocycles. The van der Waals surface area contributed by atoms with Crippen LogP contribution in [0.2, 0.25) is 0 Å². The van der Waals surface area contributed by atoms with E-state index in [1.165, 1.54) is 0 Å². The molecule has 1 aliphatic heterocycles. The van der Waals surface area contributed by atoms with Crippen molar-refractivity contribution < 1.29 is 23.3 Å². The van der Waals surface area contributed by atoms with Crippen molar-refractivity contribution in [1.29, 1.82) is 0 Å². The first kappa shape index (κ1) is 18.5. The van der Waals surface area contributed by atoms with Gasteiger partial charge in [0.25, 0.3) is 6.57 Å². The Hall–Kier alpha value is 0.445. The predicted octanol–water partition coefficient (Wildman–Crippen LogP) is 0.253. The van der Waals surface area contributed by atoms with Crippen LogP contribution in [0.5, 0.6) is 0 Å². The Labute approximate surface area is 127 Å². The van der Waals surface area contributed by atoms with Gasteiger partial charge in [-0.3, -0.25) is 4.57 Å². The van der Waals surface area contributed by atoms with Gasteiger partial charge in [-0.1, -0.05) is 19.2 Å². The number of ether oxygens (including phenoxy) is 3. The van der Waals surface area contributed by atoms with Crippen LogP contribution in [0.25, 0.3) is 0 Å². The maximum absolute atomic E-state index is 12.1. The van der Waals surface area contributed by atoms with E-state index in [-0.39, 0.29) is 18.2 Å². The van der Waals surface area contributed by atoms with Crippen LogP contribution in [0.1, 0.15) is 13.3 Å². The maximum Gasteiger partial charge on any atom is 0.254 e. The zero-order valence-electron chi connectivity index (χ0n) is 12.4. The van der Waals surface area contributed by atoms with Gasteiger partial charge in [0.05, 0.1) is 12.6 Å². The largest absolute Gasteiger partial charge is 0.382 e. The fourth-order valence-electron chi connectivity index (χ4n) is 2.13. The second kappa shape index (κ2) is 8.78. The third kappa shape index (κ3) is 5.33. The Morgan fingerprint density at radius 3 is 2.70 bits per heavy atom. The molecule has 20 heavy (non-hydrogen) atoms. The molecule has 1 aliphatic rings. The minimum atomic E-state index is -2.93. The summed E-state index contributed by atoms with van der Waals surface area (Å²) in [4.78, 5) is 0. The molecule has 0 aromatic carbocycles. The smallest absolute Gasteiger partial charge is 0.254 e. The minimum Gasteiger partial charge on any atom is -0.382 e. The van der Waals surface area contributed by atoms with Crippen molar-refractivity contribution in [3.63, 3.8) is 0 Å². The van der Waals surface area contributed by atoms with Gasteiger partial charge in [-0.05, 0) is 13.0 Å². The van der Waals surface area contributed by atoms with E-state index in [1.807, 2.05) is 7.85 Å². The van der Waals surface area contributed by atoms with Crippen LogP contribution < -0.4 is 5.73 Å². The van der Waals surface area contributed by atoms with Gasteiger partial charge in [0.15, 0.2) is 0 Å². The summed E-state index contributed by atoms with van der Waals surface area (Å²) in [7, 11) is 3.50. The van der Waals surface area contributed by atoms with Gasteiger partial charge in [0.1, 0.15) is 26.2 Å². The quantitative estimate of drug-likeness (QED) is 0.274. The first-order valence-corrected chi connectivity index (χ1v) is 9.87. The van der Waals surface area contributed by atoms with E-state index >= 15 is 0 Å². The first-order valence-electron chi connectivity index (χ1n) is 6.91. The number of hydrogen-bond donors (Lipinski definition) is 2. The topological polar surface area (TPSA) is 80.0 Å². The third-order valence-electron chi connectivity index (χ3n) is 3.22. The van der Waals surface area contributed by atoms with Crippen LogP contribution >= 0.6 is 18.8 Å². The van der Waals surface area contributed by atoms with Crippen molar-refractivity contribution >= 4 is 26.7 Å². The third-order valence-corrected chi connectivity index (χ3v) is 5.72. The lowest BCUT2D eigenvalue weighted by atomic mass is 9.93. The van der Waals surface area contributed by atoms with E-state index in [0.29, 0.717) is 25.9 Å². The molecule has 9 heteroatoms. The van der Waals surface area contributed by atoms with Crippen LogP contribution in [0.3, 0.4) is 0 Å². The Kier molecular flexibility index (Phi) is 8.12. The number of rotatable bonds is 9. The van der Waals surface area contributed by atoms with Crippen molar-refractivity contribution in [2.24, 2.45) is 5.73 Å². The SMILES string of the molecule is B[C@@H]1O[C@H](COC)C(OP(=O)(S)CC)[C@@H]1OCCCN. The van der Waals surface area contributed by atoms with Crippen LogP contribution in [-0.4, -0.2) is 65.2 Å². The molecule has 2 N–H and O–H groups in total. The van der Waals surface area contributed by atoms with E-state index in [2.05, 4.69) is 12.2 Å². The number of hydrogen-bond acceptors (Lipinski definition) is 6. The number of thiol groups is 1. The molecule has 6 nitrogen and oxygen atoms in total. The second-order valence-electron chi connectivity index (χ2n) is 4.84. The number of nitrogens with two attached hydrogens (primary N) is 1. The van der Waals surface area contributed by atoms with Crippen molar-refractivity contribution in [2.45, 2.75) is 37.7 Å². The lowest BCUT2D eigenvalue weighted by Crippen LogP contribution is -2.38. The van der Waals surface area contributed by atoms with Crippen molar-refractivity contribution in [3.05, 3.63) is 0 Å². The van der Waals surface area contributed by atoms with Gasteiger partial charge < -0.3 is 24.5 Å². The van der Waals surface area contributed by atoms with E-state index < -0.39 is 12.7 Å². The normalized spacial score (nSPS) is 33.2. The van der Waals surface area contributed by atoms with Crippen molar-refractivity contribution in [3.8, 4) is 0 Å². The Morgan fingerprint density at radius 1 is 1.45 bits per heavy atom. The molecule has 1 saturated heterocycles. The molecule has 1 heterocycles. The molecule has 5 atom stereocenters. The van der Waals surface area contributed by atoms with E-state index in [0.717, 1.165) is 6.42 Å². The predicted molar refractivity (Wildman–Crippen MR) is 84.5 cm³/mol. The minimum absolute atomic E-state index is 0.150. The molecule has 0 radical (unpaired) electrons. The van der Waals surface area contributed by atoms with Gasteiger partial charge in [0.2, 0.25) is 0 Å². The molecular formula is C11H25BNO5PS. The highest BCUT2D eigenvalue weighted by Gasteiger charge is 2.46. The zero-order chi connectivity index (χ0) is 15.2. The molecule has 0 amide bonds. The molecule has 0 saturated carbocycles. The lowest BCUT2D eigenvalue weighted by molar-refractivity contribution is -0.0182. The second-order valence-corrected chi connectivity index (χ2v) is 8.78. The lowest BCUT2D eigenvalue weighted by Gasteiger charge is -2.26. The molecular weight excluding hydrogens is 300 g/mol. The summed E-state index contributed by atoms with van der Waals surface area (Å²) >= 11 is 4.11. The average molecular weight is 325 g/mol. The maximum atomic E-state index is 12.1. The molecule has 1 fully saturated rings. The highest BCUT2D eigenvalue weighted by molar-refractivity contribution is 8.46. The Morgan fingerprint density at radius 2 is 2.15 bits per heavy atom. The molecule has 1 rings (SSSR count). The summed E-state index contributed by atoms with van der Waals surface area (Å²) in [5.74, 6) is 0. The molecule has 0 aromatic rings. The monoisotopic (exact) mass is 325 g/mol. The van der Waals surface area contributed by atoms with E-state index in [1.54, 1.807) is 14.0 Å². The van der Waals surface area contributed by atoms with Gasteiger partial charge in [-0.2, -0.15) is 0 Å². The fourth-order valence-corrected chi connectivity index (χ4v) is 3.25. The first-order chi connectivity index (χ1) is 9.45. The van der Waals surface area contributed by atoms with Gasteiger partial charge in [-0.15, -0.1) is 0 Å². The number of methoxy groups -OCH3 is 1. The fraction of sp³-hybridized carbons (Fsp3) is 1.00. The summed E-state index contributed by atoms with van der Waals surface area (Å²) in [5.41, 5.74) is 5.46. The van der Waals surface area contributed by atoms with Crippen molar-refractivity contribution in [1.82, 2.24) is 0 Å². The Balaban J connectivity index is 2.74. The van der Waals surface area contributed by atoms with Crippen LogP contribution in [0.15, 0.2) is 0 Å².